The molecule has 0 heterocycles. The second-order valence-corrected chi connectivity index (χ2v) is 5.31. The Morgan fingerprint density at radius 2 is 1.88 bits per heavy atom. The summed E-state index contributed by atoms with van der Waals surface area (Å²) in [7, 11) is 0. The summed E-state index contributed by atoms with van der Waals surface area (Å²) in [5.41, 5.74) is -0.558. The topological polar surface area (TPSA) is 139 Å². The minimum atomic E-state index is -0.823. The van der Waals surface area contributed by atoms with Crippen LogP contribution >= 0.6 is 11.6 Å². The Kier molecular flexibility index (Phi) is 5.62. The first-order valence-electron chi connectivity index (χ1n) is 6.93. The number of anilines is 1. The van der Waals surface area contributed by atoms with Crippen molar-refractivity contribution in [3.8, 4) is 6.07 Å². The molecule has 0 radical (unpaired) electrons. The largest absolute Gasteiger partial charge is 0.321 e. The third kappa shape index (κ3) is 4.40. The van der Waals surface area contributed by atoms with E-state index in [1.54, 1.807) is 6.07 Å². The number of halogens is 1. The van der Waals surface area contributed by atoms with Crippen LogP contribution in [0.15, 0.2) is 48.0 Å². The van der Waals surface area contributed by atoms with E-state index in [0.717, 1.165) is 6.07 Å². The van der Waals surface area contributed by atoms with Gasteiger partial charge in [-0.1, -0.05) is 23.7 Å². The summed E-state index contributed by atoms with van der Waals surface area (Å²) in [6, 6.07) is 10.7. The van der Waals surface area contributed by atoms with Gasteiger partial charge in [-0.25, -0.2) is 0 Å². The molecule has 0 aliphatic carbocycles. The molecule has 0 unspecified atom stereocenters. The number of amides is 1. The zero-order chi connectivity index (χ0) is 19.3. The molecule has 0 aromatic heterocycles. The fraction of sp³-hybridized carbons (Fsp3) is 0. The highest BCUT2D eigenvalue weighted by Crippen LogP contribution is 2.27. The van der Waals surface area contributed by atoms with E-state index in [2.05, 4.69) is 5.32 Å². The van der Waals surface area contributed by atoms with Crippen LogP contribution in [0.5, 0.6) is 0 Å². The monoisotopic (exact) mass is 372 g/mol. The van der Waals surface area contributed by atoms with Gasteiger partial charge in [0.05, 0.1) is 9.85 Å². The molecule has 2 aromatic carbocycles. The van der Waals surface area contributed by atoms with Crippen molar-refractivity contribution in [3.05, 3.63) is 78.9 Å². The smallest absolute Gasteiger partial charge is 0.289 e. The van der Waals surface area contributed by atoms with Crippen molar-refractivity contribution in [3.63, 3.8) is 0 Å². The average molecular weight is 373 g/mol. The van der Waals surface area contributed by atoms with Crippen LogP contribution in [0.1, 0.15) is 5.56 Å². The van der Waals surface area contributed by atoms with Gasteiger partial charge in [-0.05, 0) is 23.8 Å². The number of nitro benzene ring substituents is 2. The van der Waals surface area contributed by atoms with E-state index in [-0.39, 0.29) is 27.5 Å². The maximum Gasteiger partial charge on any atom is 0.289 e. The predicted molar refractivity (Wildman–Crippen MR) is 93.4 cm³/mol. The zero-order valence-electron chi connectivity index (χ0n) is 12.9. The quantitative estimate of drug-likeness (QED) is 0.367. The van der Waals surface area contributed by atoms with Gasteiger partial charge in [-0.3, -0.25) is 25.0 Å². The molecular formula is C16H9ClN4O5. The number of nitrogens with zero attached hydrogens (tertiary/aromatic N) is 3. The molecule has 0 spiro atoms. The van der Waals surface area contributed by atoms with Gasteiger partial charge < -0.3 is 5.32 Å². The minimum absolute atomic E-state index is 0.0753. The highest BCUT2D eigenvalue weighted by molar-refractivity contribution is 6.32. The first-order chi connectivity index (χ1) is 12.3. The van der Waals surface area contributed by atoms with E-state index < -0.39 is 21.4 Å². The Morgan fingerprint density at radius 1 is 1.15 bits per heavy atom. The molecule has 0 fully saturated rings. The second kappa shape index (κ2) is 7.87. The Hall–Kier alpha value is -3.77. The molecule has 130 valence electrons. The van der Waals surface area contributed by atoms with Crippen molar-refractivity contribution in [2.45, 2.75) is 0 Å². The summed E-state index contributed by atoms with van der Waals surface area (Å²) >= 11 is 5.69. The normalized spacial score (nSPS) is 10.7. The summed E-state index contributed by atoms with van der Waals surface area (Å²) in [5, 5.41) is 33.0. The van der Waals surface area contributed by atoms with Gasteiger partial charge >= 0.3 is 0 Å². The van der Waals surface area contributed by atoms with Crippen LogP contribution in [0.3, 0.4) is 0 Å². The van der Waals surface area contributed by atoms with Gasteiger partial charge in [0.2, 0.25) is 0 Å². The zero-order valence-corrected chi connectivity index (χ0v) is 13.6. The first-order valence-corrected chi connectivity index (χ1v) is 7.31. The molecule has 0 bridgehead atoms. The molecule has 0 saturated heterocycles. The molecule has 0 atom stereocenters. The molecule has 0 aliphatic heterocycles. The van der Waals surface area contributed by atoms with Gasteiger partial charge in [0.25, 0.3) is 17.3 Å². The van der Waals surface area contributed by atoms with E-state index in [4.69, 9.17) is 16.9 Å². The maximum absolute atomic E-state index is 12.2. The number of nitro groups is 2. The number of carbonyl (C=O) groups is 1. The van der Waals surface area contributed by atoms with Crippen LogP contribution in [-0.2, 0) is 4.79 Å². The Labute approximate surface area is 151 Å². The summed E-state index contributed by atoms with van der Waals surface area (Å²) in [6.45, 7) is 0. The van der Waals surface area contributed by atoms with Crippen molar-refractivity contribution in [1.82, 2.24) is 0 Å². The average Bonchev–Trinajstić information content (AvgIpc) is 2.61. The van der Waals surface area contributed by atoms with Gasteiger partial charge in [-0.15, -0.1) is 0 Å². The SMILES string of the molecule is N#C/C(=C\c1cccc([N+](=O)[O-])c1)C(=O)Nc1ccc(Cl)c([N+](=O)[O-])c1. The fourth-order valence-electron chi connectivity index (χ4n) is 1.97. The van der Waals surface area contributed by atoms with E-state index in [1.807, 2.05) is 0 Å². The number of hydrogen-bond donors (Lipinski definition) is 1. The number of benzene rings is 2. The number of rotatable bonds is 5. The number of nitriles is 1. The first kappa shape index (κ1) is 18.6. The Bertz CT molecular complexity index is 981. The molecule has 0 saturated carbocycles. The van der Waals surface area contributed by atoms with Crippen molar-refractivity contribution in [2.75, 3.05) is 5.32 Å². The van der Waals surface area contributed by atoms with Crippen LogP contribution < -0.4 is 5.32 Å². The molecular weight excluding hydrogens is 364 g/mol. The highest BCUT2D eigenvalue weighted by Gasteiger charge is 2.16. The maximum atomic E-state index is 12.2. The Balaban J connectivity index is 2.28. The molecule has 26 heavy (non-hydrogen) atoms. The number of hydrogen-bond acceptors (Lipinski definition) is 6. The van der Waals surface area contributed by atoms with E-state index >= 15 is 0 Å². The summed E-state index contributed by atoms with van der Waals surface area (Å²) < 4.78 is 0. The number of nitrogens with one attached hydrogen (secondary N) is 1. The van der Waals surface area contributed by atoms with Crippen LogP contribution in [0.2, 0.25) is 5.02 Å². The molecule has 2 rings (SSSR count). The molecule has 1 N–H and O–H groups in total. The lowest BCUT2D eigenvalue weighted by Crippen LogP contribution is -2.13. The van der Waals surface area contributed by atoms with Crippen molar-refractivity contribution in [1.29, 1.82) is 5.26 Å². The van der Waals surface area contributed by atoms with Crippen LogP contribution in [-0.4, -0.2) is 15.8 Å². The fourth-order valence-corrected chi connectivity index (χ4v) is 2.16. The lowest BCUT2D eigenvalue weighted by atomic mass is 10.1. The van der Waals surface area contributed by atoms with Crippen LogP contribution in [0.25, 0.3) is 6.08 Å². The van der Waals surface area contributed by atoms with E-state index in [0.29, 0.717) is 0 Å². The number of carbonyl (C=O) groups excluding carboxylic acids is 1. The van der Waals surface area contributed by atoms with Crippen molar-refractivity contribution >= 4 is 40.6 Å². The minimum Gasteiger partial charge on any atom is -0.321 e. The van der Waals surface area contributed by atoms with Crippen molar-refractivity contribution in [2.24, 2.45) is 0 Å². The van der Waals surface area contributed by atoms with Crippen LogP contribution in [0, 0.1) is 31.6 Å². The van der Waals surface area contributed by atoms with E-state index in [1.165, 1.54) is 42.5 Å². The predicted octanol–water partition coefficient (Wildman–Crippen LogP) is 3.70. The second-order valence-electron chi connectivity index (χ2n) is 4.90. The van der Waals surface area contributed by atoms with Gasteiger partial charge in [-0.2, -0.15) is 5.26 Å². The lowest BCUT2D eigenvalue weighted by molar-refractivity contribution is -0.385. The number of non-ortho nitro benzene ring substituents is 1. The lowest BCUT2D eigenvalue weighted by Gasteiger charge is -2.05. The molecule has 1 amide bonds. The third-order valence-electron chi connectivity index (χ3n) is 3.16. The Morgan fingerprint density at radius 3 is 2.50 bits per heavy atom. The van der Waals surface area contributed by atoms with Gasteiger partial charge in [0.15, 0.2) is 0 Å². The van der Waals surface area contributed by atoms with E-state index in [9.17, 15) is 25.0 Å². The molecule has 10 heteroatoms. The highest BCUT2D eigenvalue weighted by atomic mass is 35.5. The molecule has 2 aromatic rings. The summed E-state index contributed by atoms with van der Waals surface area (Å²) in [6.07, 6.45) is 1.17. The van der Waals surface area contributed by atoms with Gasteiger partial charge in [0.1, 0.15) is 16.7 Å². The summed E-state index contributed by atoms with van der Waals surface area (Å²) in [4.78, 5) is 32.5. The van der Waals surface area contributed by atoms with Gasteiger partial charge in [0, 0.05) is 23.9 Å². The molecule has 0 aliphatic rings. The standard InChI is InChI=1S/C16H9ClN4O5/c17-14-5-4-12(8-15(14)21(25)26)19-16(22)11(9-18)6-10-2-1-3-13(7-10)20(23)24/h1-8H,(H,19,22)/b11-6+. The summed E-state index contributed by atoms with van der Waals surface area (Å²) in [5.74, 6) is -0.823. The molecule has 9 nitrogen and oxygen atoms in total. The van der Waals surface area contributed by atoms with Crippen LogP contribution in [0.4, 0.5) is 17.1 Å². The van der Waals surface area contributed by atoms with Crippen molar-refractivity contribution < 1.29 is 14.6 Å². The third-order valence-corrected chi connectivity index (χ3v) is 3.48.